The lowest BCUT2D eigenvalue weighted by atomic mass is 10.2. The van der Waals surface area contributed by atoms with E-state index < -0.39 is 0 Å². The summed E-state index contributed by atoms with van der Waals surface area (Å²) in [7, 11) is 0. The predicted octanol–water partition coefficient (Wildman–Crippen LogP) is 4.04. The highest BCUT2D eigenvalue weighted by atomic mass is 35.5. The van der Waals surface area contributed by atoms with Crippen molar-refractivity contribution in [3.63, 3.8) is 0 Å². The van der Waals surface area contributed by atoms with Crippen LogP contribution in [-0.2, 0) is 4.79 Å². The standard InChI is InChI=1S/C14H10Cl2N2O/c15-11-6-3-10(4-7-11)5-8-13(19)18-12-2-1-9-17-14(12)16/h1-9H,(H,18,19). The van der Waals surface area contributed by atoms with Gasteiger partial charge in [0.2, 0.25) is 5.91 Å². The number of amides is 1. The Kier molecular flexibility index (Phi) is 4.55. The monoisotopic (exact) mass is 292 g/mol. The normalized spacial score (nSPS) is 10.6. The van der Waals surface area contributed by atoms with Crippen LogP contribution in [0.25, 0.3) is 6.08 Å². The average molecular weight is 293 g/mol. The number of hydrogen-bond donors (Lipinski definition) is 1. The zero-order chi connectivity index (χ0) is 13.7. The highest BCUT2D eigenvalue weighted by Crippen LogP contribution is 2.17. The van der Waals surface area contributed by atoms with Gasteiger partial charge in [-0.05, 0) is 35.9 Å². The molecule has 96 valence electrons. The molecule has 5 heteroatoms. The van der Waals surface area contributed by atoms with E-state index in [4.69, 9.17) is 23.2 Å². The maximum absolute atomic E-state index is 11.7. The SMILES string of the molecule is O=C(C=Cc1ccc(Cl)cc1)Nc1cccnc1Cl. The van der Waals surface area contributed by atoms with Crippen molar-refractivity contribution in [2.45, 2.75) is 0 Å². The minimum atomic E-state index is -0.273. The number of pyridine rings is 1. The van der Waals surface area contributed by atoms with Gasteiger partial charge in [-0.1, -0.05) is 35.3 Å². The molecule has 19 heavy (non-hydrogen) atoms. The number of carbonyl (C=O) groups excluding carboxylic acids is 1. The first-order chi connectivity index (χ1) is 9.15. The van der Waals surface area contributed by atoms with Crippen LogP contribution in [0.5, 0.6) is 0 Å². The minimum Gasteiger partial charge on any atom is -0.320 e. The lowest BCUT2D eigenvalue weighted by Gasteiger charge is -2.02. The summed E-state index contributed by atoms with van der Waals surface area (Å²) in [5.41, 5.74) is 1.37. The molecule has 0 spiro atoms. The van der Waals surface area contributed by atoms with Crippen molar-refractivity contribution in [1.82, 2.24) is 4.98 Å². The van der Waals surface area contributed by atoms with E-state index >= 15 is 0 Å². The average Bonchev–Trinajstić information content (AvgIpc) is 2.41. The lowest BCUT2D eigenvalue weighted by Crippen LogP contribution is -2.08. The molecule has 1 N–H and O–H groups in total. The summed E-state index contributed by atoms with van der Waals surface area (Å²) in [6.07, 6.45) is 4.67. The molecule has 0 bridgehead atoms. The Balaban J connectivity index is 2.02. The van der Waals surface area contributed by atoms with Crippen molar-refractivity contribution < 1.29 is 4.79 Å². The van der Waals surface area contributed by atoms with E-state index in [0.717, 1.165) is 5.56 Å². The van der Waals surface area contributed by atoms with Gasteiger partial charge in [-0.15, -0.1) is 0 Å². The summed E-state index contributed by atoms with van der Waals surface area (Å²) in [6.45, 7) is 0. The predicted molar refractivity (Wildman–Crippen MR) is 78.4 cm³/mol. The third-order valence-electron chi connectivity index (χ3n) is 2.31. The van der Waals surface area contributed by atoms with Crippen LogP contribution >= 0.6 is 23.2 Å². The third-order valence-corrected chi connectivity index (χ3v) is 2.87. The fourth-order valence-electron chi connectivity index (χ4n) is 1.40. The number of hydrogen-bond acceptors (Lipinski definition) is 2. The molecule has 0 saturated heterocycles. The number of aromatic nitrogens is 1. The van der Waals surface area contributed by atoms with Gasteiger partial charge in [-0.2, -0.15) is 0 Å². The molecule has 1 aromatic heterocycles. The van der Waals surface area contributed by atoms with Gasteiger partial charge in [-0.25, -0.2) is 4.98 Å². The summed E-state index contributed by atoms with van der Waals surface area (Å²) in [5.74, 6) is -0.273. The van der Waals surface area contributed by atoms with E-state index in [9.17, 15) is 4.79 Å². The third kappa shape index (κ3) is 4.09. The van der Waals surface area contributed by atoms with Crippen molar-refractivity contribution in [1.29, 1.82) is 0 Å². The van der Waals surface area contributed by atoms with Crippen LogP contribution in [0.2, 0.25) is 10.2 Å². The van der Waals surface area contributed by atoms with Gasteiger partial charge < -0.3 is 5.32 Å². The van der Waals surface area contributed by atoms with Crippen LogP contribution < -0.4 is 5.32 Å². The molecular formula is C14H10Cl2N2O. The lowest BCUT2D eigenvalue weighted by molar-refractivity contribution is -0.111. The molecule has 1 aromatic carbocycles. The first kappa shape index (κ1) is 13.6. The van der Waals surface area contributed by atoms with E-state index in [1.807, 2.05) is 12.1 Å². The van der Waals surface area contributed by atoms with Crippen LogP contribution in [0, 0.1) is 0 Å². The Bertz CT molecular complexity index is 609. The van der Waals surface area contributed by atoms with E-state index in [2.05, 4.69) is 10.3 Å². The fourth-order valence-corrected chi connectivity index (χ4v) is 1.69. The highest BCUT2D eigenvalue weighted by molar-refractivity contribution is 6.32. The zero-order valence-electron chi connectivity index (χ0n) is 9.81. The number of nitrogens with one attached hydrogen (secondary N) is 1. The van der Waals surface area contributed by atoms with Crippen LogP contribution in [0.15, 0.2) is 48.7 Å². The second-order valence-corrected chi connectivity index (χ2v) is 4.51. The fraction of sp³-hybridized carbons (Fsp3) is 0. The first-order valence-electron chi connectivity index (χ1n) is 5.50. The van der Waals surface area contributed by atoms with Gasteiger partial charge >= 0.3 is 0 Å². The molecule has 1 amide bonds. The van der Waals surface area contributed by atoms with Crippen molar-refractivity contribution in [2.24, 2.45) is 0 Å². The topological polar surface area (TPSA) is 42.0 Å². The maximum atomic E-state index is 11.7. The number of carbonyl (C=O) groups is 1. The Hall–Kier alpha value is -1.84. The van der Waals surface area contributed by atoms with Gasteiger partial charge in [0.05, 0.1) is 5.69 Å². The van der Waals surface area contributed by atoms with E-state index in [1.165, 1.54) is 6.08 Å². The Labute approximate surface area is 120 Å². The van der Waals surface area contributed by atoms with Crippen molar-refractivity contribution >= 4 is 40.9 Å². The molecule has 0 aliphatic rings. The van der Waals surface area contributed by atoms with Gasteiger partial charge in [0.25, 0.3) is 0 Å². The quantitative estimate of drug-likeness (QED) is 0.685. The Morgan fingerprint density at radius 1 is 1.16 bits per heavy atom. The Morgan fingerprint density at radius 2 is 1.89 bits per heavy atom. The molecule has 0 radical (unpaired) electrons. The van der Waals surface area contributed by atoms with Crippen LogP contribution in [0.1, 0.15) is 5.56 Å². The van der Waals surface area contributed by atoms with Crippen molar-refractivity contribution in [3.05, 3.63) is 64.4 Å². The molecule has 2 rings (SSSR count). The number of anilines is 1. The minimum absolute atomic E-state index is 0.260. The summed E-state index contributed by atoms with van der Waals surface area (Å²) in [4.78, 5) is 15.6. The van der Waals surface area contributed by atoms with Crippen molar-refractivity contribution in [2.75, 3.05) is 5.32 Å². The molecular weight excluding hydrogens is 283 g/mol. The summed E-state index contributed by atoms with van der Waals surface area (Å²) in [5, 5.41) is 3.56. The number of benzene rings is 1. The van der Waals surface area contributed by atoms with Crippen LogP contribution in [0.3, 0.4) is 0 Å². The number of rotatable bonds is 3. The molecule has 0 aliphatic heterocycles. The summed E-state index contributed by atoms with van der Waals surface area (Å²) in [6, 6.07) is 10.5. The first-order valence-corrected chi connectivity index (χ1v) is 6.26. The van der Waals surface area contributed by atoms with Crippen LogP contribution in [0.4, 0.5) is 5.69 Å². The largest absolute Gasteiger partial charge is 0.320 e. The smallest absolute Gasteiger partial charge is 0.248 e. The number of halogens is 2. The molecule has 0 atom stereocenters. The van der Waals surface area contributed by atoms with Gasteiger partial charge in [0, 0.05) is 17.3 Å². The molecule has 1 heterocycles. The zero-order valence-corrected chi connectivity index (χ0v) is 11.3. The van der Waals surface area contributed by atoms with E-state index in [0.29, 0.717) is 10.7 Å². The summed E-state index contributed by atoms with van der Waals surface area (Å²) < 4.78 is 0. The van der Waals surface area contributed by atoms with Crippen molar-refractivity contribution in [3.8, 4) is 0 Å². The molecule has 3 nitrogen and oxygen atoms in total. The molecule has 0 unspecified atom stereocenters. The Morgan fingerprint density at radius 3 is 2.58 bits per heavy atom. The van der Waals surface area contributed by atoms with Gasteiger partial charge in [-0.3, -0.25) is 4.79 Å². The molecule has 2 aromatic rings. The highest BCUT2D eigenvalue weighted by Gasteiger charge is 2.02. The maximum Gasteiger partial charge on any atom is 0.248 e. The molecule has 0 aliphatic carbocycles. The van der Waals surface area contributed by atoms with E-state index in [-0.39, 0.29) is 11.1 Å². The second kappa shape index (κ2) is 6.36. The molecule has 0 fully saturated rings. The van der Waals surface area contributed by atoms with Gasteiger partial charge in [0.15, 0.2) is 5.15 Å². The van der Waals surface area contributed by atoms with Gasteiger partial charge in [0.1, 0.15) is 0 Å². The van der Waals surface area contributed by atoms with Crippen LogP contribution in [-0.4, -0.2) is 10.9 Å². The van der Waals surface area contributed by atoms with E-state index in [1.54, 1.807) is 36.5 Å². The summed E-state index contributed by atoms with van der Waals surface area (Å²) >= 11 is 11.6. The second-order valence-electron chi connectivity index (χ2n) is 3.72. The number of nitrogens with zero attached hydrogens (tertiary/aromatic N) is 1. The molecule has 0 saturated carbocycles.